The molecule has 0 bridgehead atoms. The Morgan fingerprint density at radius 2 is 0.826 bits per heavy atom. The van der Waals surface area contributed by atoms with Crippen molar-refractivity contribution in [1.82, 2.24) is 4.57 Å². The Kier molecular flexibility index (Phi) is 9.37. The Morgan fingerprint density at radius 1 is 0.500 bits per heavy atom. The van der Waals surface area contributed by atoms with Crippen LogP contribution in [-0.2, 0) is 0 Å². The van der Waals surface area contributed by atoms with Crippen LogP contribution < -0.4 is 0 Å². The number of aromatic nitrogens is 1. The van der Waals surface area contributed by atoms with Crippen LogP contribution in [0.2, 0.25) is 40.2 Å². The average molecular weight is 769 g/mol. The van der Waals surface area contributed by atoms with E-state index in [-0.39, 0.29) is 41.7 Å². The molecule has 0 fully saturated rings. The van der Waals surface area contributed by atoms with Gasteiger partial charge in [-0.3, -0.25) is 9.59 Å². The van der Waals surface area contributed by atoms with Crippen LogP contribution in [0.3, 0.4) is 0 Å². The van der Waals surface area contributed by atoms with E-state index in [1.807, 2.05) is 28.8 Å². The van der Waals surface area contributed by atoms with Crippen LogP contribution >= 0.6 is 92.8 Å². The van der Waals surface area contributed by atoms with Crippen LogP contribution in [0.4, 0.5) is 0 Å². The van der Waals surface area contributed by atoms with Crippen molar-refractivity contribution in [1.29, 1.82) is 0 Å². The normalized spacial score (nSPS) is 11.6. The molecule has 0 unspecified atom stereocenters. The molecule has 46 heavy (non-hydrogen) atoms. The summed E-state index contributed by atoms with van der Waals surface area (Å²) in [5, 5.41) is 3.82. The lowest BCUT2D eigenvalue weighted by Crippen LogP contribution is -2.09. The van der Waals surface area contributed by atoms with Crippen molar-refractivity contribution in [2.45, 2.75) is 19.8 Å². The van der Waals surface area contributed by atoms with Gasteiger partial charge in [0.15, 0.2) is 11.6 Å². The fourth-order valence-electron chi connectivity index (χ4n) is 5.81. The van der Waals surface area contributed by atoms with Gasteiger partial charge in [-0.05, 0) is 86.6 Å². The Balaban J connectivity index is 1.65. The molecule has 0 aliphatic heterocycles. The van der Waals surface area contributed by atoms with E-state index in [2.05, 4.69) is 0 Å². The second-order valence-corrected chi connectivity index (χ2v) is 14.1. The lowest BCUT2D eigenvalue weighted by molar-refractivity contribution is 0.100. The minimum atomic E-state index is -0.821. The second kappa shape index (κ2) is 12.9. The van der Waals surface area contributed by atoms with Gasteiger partial charge in [0.2, 0.25) is 0 Å². The zero-order valence-electron chi connectivity index (χ0n) is 23.8. The summed E-state index contributed by atoms with van der Waals surface area (Å²) in [5.74, 6) is -0.977. The summed E-state index contributed by atoms with van der Waals surface area (Å²) in [5.41, 5.74) is 4.62. The van der Waals surface area contributed by atoms with Crippen LogP contribution in [0.5, 0.6) is 0 Å². The molecule has 0 atom stereocenters. The molecule has 0 spiro atoms. The molecule has 0 aliphatic carbocycles. The minimum absolute atomic E-state index is 0.0777. The summed E-state index contributed by atoms with van der Waals surface area (Å²) in [7, 11) is 0. The first-order valence-corrected chi connectivity index (χ1v) is 16.7. The number of hydrogen-bond donors (Lipinski definition) is 0. The minimum Gasteiger partial charge on any atom is -0.309 e. The molecule has 6 aromatic rings. The molecular weight excluding hydrogens is 750 g/mol. The number of fused-ring (bicyclic) bond motifs is 3. The van der Waals surface area contributed by atoms with Gasteiger partial charge in [0.25, 0.3) is 0 Å². The number of ketones is 2. The molecule has 1 aromatic heterocycles. The predicted molar refractivity (Wildman–Crippen MR) is 195 cm³/mol. The van der Waals surface area contributed by atoms with Gasteiger partial charge in [-0.2, -0.15) is 0 Å². The van der Waals surface area contributed by atoms with Crippen molar-refractivity contribution < 1.29 is 9.59 Å². The van der Waals surface area contributed by atoms with Crippen LogP contribution in [0.1, 0.15) is 57.2 Å². The SMILES string of the molecule is CC(=O)c1ccc2c(c1)c1cc(C(C)=O)ccc1n2-c1cc(Cl)c(C(c2c(Cl)cc(Cl)cc2Cl)c2c(Cl)cc(Cl)cc2Cl)c(Cl)c1. The first kappa shape index (κ1) is 33.5. The standard InChI is InChI=1S/C35H19Cl8NO2/c1-15(45)17-3-5-30-22(7-17)23-8-18(16(2)46)4-6-31(23)44(30)21-13-28(42)34(29(43)14-21)35(32-24(38)9-19(36)10-25(32)39)33-26(40)11-20(37)12-27(33)41/h3-14,35H,1-2H3. The highest BCUT2D eigenvalue weighted by Crippen LogP contribution is 2.50. The molecule has 0 aliphatic rings. The van der Waals surface area contributed by atoms with E-state index in [1.54, 1.807) is 48.5 Å². The molecule has 0 amide bonds. The van der Waals surface area contributed by atoms with Crippen LogP contribution in [0.15, 0.2) is 72.8 Å². The van der Waals surface area contributed by atoms with Gasteiger partial charge >= 0.3 is 0 Å². The summed E-state index contributed by atoms with van der Waals surface area (Å²) in [4.78, 5) is 24.6. The van der Waals surface area contributed by atoms with Crippen molar-refractivity contribution >= 4 is 126 Å². The highest BCUT2D eigenvalue weighted by atomic mass is 35.5. The van der Waals surface area contributed by atoms with Gasteiger partial charge in [-0.1, -0.05) is 92.8 Å². The van der Waals surface area contributed by atoms with Crippen molar-refractivity contribution in [3.05, 3.63) is 141 Å². The highest BCUT2D eigenvalue weighted by Gasteiger charge is 2.31. The molecule has 3 nitrogen and oxygen atoms in total. The summed E-state index contributed by atoms with van der Waals surface area (Å²) in [6, 6.07) is 20.7. The van der Waals surface area contributed by atoms with Crippen molar-refractivity contribution in [2.75, 3.05) is 0 Å². The van der Waals surface area contributed by atoms with E-state index in [1.165, 1.54) is 13.8 Å². The lowest BCUT2D eigenvalue weighted by atomic mass is 9.84. The van der Waals surface area contributed by atoms with Gasteiger partial charge in [0.1, 0.15) is 0 Å². The maximum absolute atomic E-state index is 12.3. The molecule has 1 heterocycles. The molecule has 0 radical (unpaired) electrons. The van der Waals surface area contributed by atoms with Crippen LogP contribution in [0.25, 0.3) is 27.5 Å². The molecule has 6 rings (SSSR count). The third kappa shape index (κ3) is 5.91. The monoisotopic (exact) mass is 765 g/mol. The topological polar surface area (TPSA) is 39.1 Å². The smallest absolute Gasteiger partial charge is 0.159 e. The maximum atomic E-state index is 12.3. The molecule has 0 N–H and O–H groups in total. The second-order valence-electron chi connectivity index (χ2n) is 10.7. The third-order valence-electron chi connectivity index (χ3n) is 7.85. The summed E-state index contributed by atoms with van der Waals surface area (Å²) < 4.78 is 1.97. The molecular formula is C35H19Cl8NO2. The van der Waals surface area contributed by atoms with E-state index in [9.17, 15) is 9.59 Å². The predicted octanol–water partition coefficient (Wildman–Crippen LogP) is 13.6. The van der Waals surface area contributed by atoms with Crippen molar-refractivity contribution in [2.24, 2.45) is 0 Å². The Bertz CT molecular complexity index is 2080. The first-order valence-electron chi connectivity index (χ1n) is 13.6. The molecule has 232 valence electrons. The summed E-state index contributed by atoms with van der Waals surface area (Å²) in [6.07, 6.45) is 0. The number of carbonyl (C=O) groups excluding carboxylic acids is 2. The number of nitrogens with zero attached hydrogens (tertiary/aromatic N) is 1. The first-order chi connectivity index (χ1) is 21.8. The molecule has 0 saturated carbocycles. The van der Waals surface area contributed by atoms with E-state index in [4.69, 9.17) is 92.8 Å². The van der Waals surface area contributed by atoms with Crippen molar-refractivity contribution in [3.63, 3.8) is 0 Å². The Hall–Kier alpha value is -2.44. The number of rotatable bonds is 6. The fourth-order valence-corrected chi connectivity index (χ4v) is 8.57. The lowest BCUT2D eigenvalue weighted by Gasteiger charge is -2.26. The number of carbonyl (C=O) groups is 2. The summed E-state index contributed by atoms with van der Waals surface area (Å²) >= 11 is 53.9. The zero-order chi connectivity index (χ0) is 33.2. The fraction of sp³-hybridized carbons (Fsp3) is 0.0857. The average Bonchev–Trinajstić information content (AvgIpc) is 3.28. The largest absolute Gasteiger partial charge is 0.309 e. The van der Waals surface area contributed by atoms with Gasteiger partial charge in [-0.15, -0.1) is 0 Å². The number of halogens is 8. The Morgan fingerprint density at radius 3 is 1.15 bits per heavy atom. The van der Waals surface area contributed by atoms with E-state index in [0.29, 0.717) is 43.5 Å². The molecule has 11 heteroatoms. The third-order valence-corrected chi connectivity index (χ3v) is 10.2. The van der Waals surface area contributed by atoms with E-state index in [0.717, 1.165) is 21.8 Å². The molecule has 0 saturated heterocycles. The van der Waals surface area contributed by atoms with Crippen LogP contribution in [-0.4, -0.2) is 16.1 Å². The maximum Gasteiger partial charge on any atom is 0.159 e. The van der Waals surface area contributed by atoms with Gasteiger partial charge in [0.05, 0.1) is 11.0 Å². The number of Topliss-reactive ketones (excluding diaryl/α,β-unsaturated/α-hetero) is 2. The van der Waals surface area contributed by atoms with E-state index >= 15 is 0 Å². The zero-order valence-corrected chi connectivity index (χ0v) is 29.8. The van der Waals surface area contributed by atoms with Crippen molar-refractivity contribution in [3.8, 4) is 5.69 Å². The number of benzene rings is 5. The molecule has 5 aromatic carbocycles. The Labute approximate surface area is 304 Å². The quantitative estimate of drug-likeness (QED) is 0.125. The van der Waals surface area contributed by atoms with Crippen LogP contribution in [0, 0.1) is 0 Å². The van der Waals surface area contributed by atoms with E-state index < -0.39 is 5.92 Å². The van der Waals surface area contributed by atoms with Gasteiger partial charge in [-0.25, -0.2) is 0 Å². The summed E-state index contributed by atoms with van der Waals surface area (Å²) in [6.45, 7) is 3.02. The number of hydrogen-bond acceptors (Lipinski definition) is 2. The highest BCUT2D eigenvalue weighted by molar-refractivity contribution is 6.42. The van der Waals surface area contributed by atoms with Gasteiger partial charge < -0.3 is 4.57 Å². The van der Waals surface area contributed by atoms with Gasteiger partial charge in [0, 0.05) is 90.4 Å².